The molecule has 1 atom stereocenters. The molecule has 0 aliphatic heterocycles. The summed E-state index contributed by atoms with van der Waals surface area (Å²) in [7, 11) is 4.04. The van der Waals surface area contributed by atoms with Gasteiger partial charge in [-0.3, -0.25) is 4.79 Å². The highest BCUT2D eigenvalue weighted by Crippen LogP contribution is 2.20. The van der Waals surface area contributed by atoms with Crippen LogP contribution in [0, 0.1) is 6.92 Å². The van der Waals surface area contributed by atoms with E-state index in [1.54, 1.807) is 12.1 Å². The molecule has 0 heterocycles. The monoisotopic (exact) mass is 360 g/mol. The summed E-state index contributed by atoms with van der Waals surface area (Å²) in [5.74, 6) is 0.512. The molecule has 25 heavy (non-hydrogen) atoms. The molecule has 134 valence electrons. The summed E-state index contributed by atoms with van der Waals surface area (Å²) in [6.07, 6.45) is 0.880. The topological polar surface area (TPSA) is 41.6 Å². The second-order valence-corrected chi connectivity index (χ2v) is 6.72. The predicted molar refractivity (Wildman–Crippen MR) is 102 cm³/mol. The number of hydrogen-bond acceptors (Lipinski definition) is 3. The van der Waals surface area contributed by atoms with Crippen molar-refractivity contribution in [1.82, 2.24) is 10.2 Å². The number of aryl methyl sites for hydroxylation is 1. The Balaban J connectivity index is 1.81. The number of carbonyl (C=O) groups is 1. The van der Waals surface area contributed by atoms with Crippen LogP contribution in [0.1, 0.15) is 11.1 Å². The van der Waals surface area contributed by atoms with Crippen LogP contribution in [-0.4, -0.2) is 44.1 Å². The molecule has 0 saturated carbocycles. The van der Waals surface area contributed by atoms with Crippen LogP contribution in [0.5, 0.6) is 5.75 Å². The minimum absolute atomic E-state index is 0.00738. The van der Waals surface area contributed by atoms with Crippen molar-refractivity contribution >= 4 is 17.5 Å². The van der Waals surface area contributed by atoms with E-state index in [0.29, 0.717) is 17.3 Å². The van der Waals surface area contributed by atoms with Crippen LogP contribution >= 0.6 is 11.6 Å². The van der Waals surface area contributed by atoms with Gasteiger partial charge < -0.3 is 15.0 Å². The van der Waals surface area contributed by atoms with Crippen LogP contribution in [-0.2, 0) is 11.2 Å². The largest absolute Gasteiger partial charge is 0.484 e. The standard InChI is InChI=1S/C20H25ClN2O2/c1-15-11-18(9-10-19(15)21)25-14-20(24)22-13-17(23(2)3)12-16-7-5-4-6-8-16/h4-11,17H,12-14H2,1-3H3,(H,22,24)/t17-/m1/s1. The number of nitrogens with zero attached hydrogens (tertiary/aromatic N) is 1. The van der Waals surface area contributed by atoms with Gasteiger partial charge in [-0.15, -0.1) is 0 Å². The van der Waals surface area contributed by atoms with E-state index in [-0.39, 0.29) is 18.6 Å². The van der Waals surface area contributed by atoms with E-state index in [9.17, 15) is 4.79 Å². The van der Waals surface area contributed by atoms with Crippen molar-refractivity contribution in [3.63, 3.8) is 0 Å². The summed E-state index contributed by atoms with van der Waals surface area (Å²) in [4.78, 5) is 14.2. The number of carbonyl (C=O) groups excluding carboxylic acids is 1. The van der Waals surface area contributed by atoms with Gasteiger partial charge in [-0.1, -0.05) is 41.9 Å². The van der Waals surface area contributed by atoms with Crippen LogP contribution in [0.25, 0.3) is 0 Å². The van der Waals surface area contributed by atoms with Gasteiger partial charge in [0, 0.05) is 17.6 Å². The summed E-state index contributed by atoms with van der Waals surface area (Å²) in [5.41, 5.74) is 2.18. The van der Waals surface area contributed by atoms with E-state index in [4.69, 9.17) is 16.3 Å². The number of halogens is 1. The van der Waals surface area contributed by atoms with Gasteiger partial charge >= 0.3 is 0 Å². The fraction of sp³-hybridized carbons (Fsp3) is 0.350. The SMILES string of the molecule is Cc1cc(OCC(=O)NC[C@@H](Cc2ccccc2)N(C)C)ccc1Cl. The second-order valence-electron chi connectivity index (χ2n) is 6.31. The molecule has 0 bridgehead atoms. The fourth-order valence-corrected chi connectivity index (χ4v) is 2.58. The number of ether oxygens (including phenoxy) is 1. The zero-order chi connectivity index (χ0) is 18.2. The maximum Gasteiger partial charge on any atom is 0.257 e. The lowest BCUT2D eigenvalue weighted by Crippen LogP contribution is -2.42. The highest BCUT2D eigenvalue weighted by molar-refractivity contribution is 6.31. The Morgan fingerprint density at radius 2 is 1.92 bits per heavy atom. The Bertz CT molecular complexity index is 689. The molecule has 4 nitrogen and oxygen atoms in total. The van der Waals surface area contributed by atoms with Crippen LogP contribution < -0.4 is 10.1 Å². The van der Waals surface area contributed by atoms with Gasteiger partial charge in [-0.05, 0) is 56.8 Å². The first-order valence-corrected chi connectivity index (χ1v) is 8.69. The average molecular weight is 361 g/mol. The molecule has 0 fully saturated rings. The minimum Gasteiger partial charge on any atom is -0.484 e. The molecular formula is C20H25ClN2O2. The quantitative estimate of drug-likeness (QED) is 0.785. The molecular weight excluding hydrogens is 336 g/mol. The lowest BCUT2D eigenvalue weighted by atomic mass is 10.1. The predicted octanol–water partition coefficient (Wildman–Crippen LogP) is 3.32. The molecule has 0 unspecified atom stereocenters. The summed E-state index contributed by atoms with van der Waals surface area (Å²) in [5, 5.41) is 3.64. The normalized spacial score (nSPS) is 12.0. The van der Waals surface area contributed by atoms with Crippen molar-refractivity contribution < 1.29 is 9.53 Å². The molecule has 0 radical (unpaired) electrons. The van der Waals surface area contributed by atoms with Crippen LogP contribution in [0.4, 0.5) is 0 Å². The van der Waals surface area contributed by atoms with E-state index < -0.39 is 0 Å². The zero-order valence-electron chi connectivity index (χ0n) is 15.0. The Labute approximate surface area is 154 Å². The Kier molecular flexibility index (Phi) is 7.29. The molecule has 0 aromatic heterocycles. The van der Waals surface area contributed by atoms with Gasteiger partial charge in [0.15, 0.2) is 6.61 Å². The third kappa shape index (κ3) is 6.40. The van der Waals surface area contributed by atoms with E-state index in [0.717, 1.165) is 12.0 Å². The molecule has 0 saturated heterocycles. The van der Waals surface area contributed by atoms with Crippen molar-refractivity contribution in [3.8, 4) is 5.75 Å². The maximum atomic E-state index is 12.1. The number of benzene rings is 2. The summed E-state index contributed by atoms with van der Waals surface area (Å²) >= 11 is 5.98. The van der Waals surface area contributed by atoms with Crippen molar-refractivity contribution in [1.29, 1.82) is 0 Å². The summed E-state index contributed by atoms with van der Waals surface area (Å²) in [6, 6.07) is 15.9. The van der Waals surface area contributed by atoms with Gasteiger partial charge in [0.1, 0.15) is 5.75 Å². The third-order valence-corrected chi connectivity index (χ3v) is 4.50. The smallest absolute Gasteiger partial charge is 0.257 e. The van der Waals surface area contributed by atoms with E-state index in [1.807, 2.05) is 45.3 Å². The van der Waals surface area contributed by atoms with Crippen molar-refractivity contribution in [3.05, 3.63) is 64.7 Å². The van der Waals surface area contributed by atoms with Gasteiger partial charge in [0.05, 0.1) is 0 Å². The molecule has 2 rings (SSSR count). The number of rotatable bonds is 8. The van der Waals surface area contributed by atoms with Crippen LogP contribution in [0.15, 0.2) is 48.5 Å². The van der Waals surface area contributed by atoms with Crippen molar-refractivity contribution in [2.75, 3.05) is 27.2 Å². The summed E-state index contributed by atoms with van der Waals surface area (Å²) < 4.78 is 5.53. The van der Waals surface area contributed by atoms with Crippen molar-refractivity contribution in [2.24, 2.45) is 0 Å². The van der Waals surface area contributed by atoms with E-state index in [2.05, 4.69) is 22.3 Å². The van der Waals surface area contributed by atoms with Gasteiger partial charge in [0.25, 0.3) is 5.91 Å². The molecule has 1 N–H and O–H groups in total. The minimum atomic E-state index is -0.132. The number of likely N-dealkylation sites (N-methyl/N-ethyl adjacent to an activating group) is 1. The molecule has 0 spiro atoms. The lowest BCUT2D eigenvalue weighted by molar-refractivity contribution is -0.123. The molecule has 2 aromatic rings. The first kappa shape index (κ1) is 19.3. The van der Waals surface area contributed by atoms with Crippen molar-refractivity contribution in [2.45, 2.75) is 19.4 Å². The van der Waals surface area contributed by atoms with Gasteiger partial charge in [-0.2, -0.15) is 0 Å². The third-order valence-electron chi connectivity index (χ3n) is 4.08. The molecule has 0 aliphatic rings. The average Bonchev–Trinajstić information content (AvgIpc) is 2.60. The Morgan fingerprint density at radius 3 is 2.56 bits per heavy atom. The molecule has 5 heteroatoms. The number of hydrogen-bond donors (Lipinski definition) is 1. The first-order valence-electron chi connectivity index (χ1n) is 8.31. The maximum absolute atomic E-state index is 12.1. The first-order chi connectivity index (χ1) is 12.0. The van der Waals surface area contributed by atoms with Gasteiger partial charge in [0.2, 0.25) is 0 Å². The van der Waals surface area contributed by atoms with E-state index in [1.165, 1.54) is 5.56 Å². The number of amides is 1. The van der Waals surface area contributed by atoms with Crippen LogP contribution in [0.2, 0.25) is 5.02 Å². The molecule has 1 amide bonds. The van der Waals surface area contributed by atoms with E-state index >= 15 is 0 Å². The molecule has 0 aliphatic carbocycles. The Hall–Kier alpha value is -2.04. The zero-order valence-corrected chi connectivity index (χ0v) is 15.7. The summed E-state index contributed by atoms with van der Waals surface area (Å²) in [6.45, 7) is 2.47. The highest BCUT2D eigenvalue weighted by atomic mass is 35.5. The van der Waals surface area contributed by atoms with Crippen LogP contribution in [0.3, 0.4) is 0 Å². The second kappa shape index (κ2) is 9.44. The molecule has 2 aromatic carbocycles. The lowest BCUT2D eigenvalue weighted by Gasteiger charge is -2.24. The fourth-order valence-electron chi connectivity index (χ4n) is 2.46. The van der Waals surface area contributed by atoms with Gasteiger partial charge in [-0.25, -0.2) is 0 Å². The highest BCUT2D eigenvalue weighted by Gasteiger charge is 2.14. The number of nitrogens with one attached hydrogen (secondary N) is 1. The Morgan fingerprint density at radius 1 is 1.20 bits per heavy atom.